The molecule has 1 N–H and O–H groups in total. The zero-order valence-corrected chi connectivity index (χ0v) is 16.6. The first-order valence-electron chi connectivity index (χ1n) is 9.85. The number of carbonyl (C=O) groups is 2. The maximum absolute atomic E-state index is 12.4. The molecule has 0 spiro atoms. The molecule has 1 aliphatic heterocycles. The van der Waals surface area contributed by atoms with Gasteiger partial charge >= 0.3 is 0 Å². The Kier molecular flexibility index (Phi) is 9.39. The van der Waals surface area contributed by atoms with Crippen LogP contribution in [0.4, 0.5) is 0 Å². The van der Waals surface area contributed by atoms with Gasteiger partial charge in [-0.15, -0.1) is 11.3 Å². The molecule has 1 aliphatic rings. The Hall–Kier alpha value is -1.69. The van der Waals surface area contributed by atoms with Crippen molar-refractivity contribution in [3.05, 3.63) is 22.4 Å². The maximum Gasteiger partial charge on any atom is 0.244 e. The zero-order chi connectivity index (χ0) is 18.6. The van der Waals surface area contributed by atoms with Gasteiger partial charge in [0.2, 0.25) is 11.8 Å². The predicted octanol–water partition coefficient (Wildman–Crippen LogP) is 4.19. The molecule has 26 heavy (non-hydrogen) atoms. The Morgan fingerprint density at radius 1 is 1.31 bits per heavy atom. The van der Waals surface area contributed by atoms with Crippen LogP contribution in [0, 0.1) is 5.92 Å². The summed E-state index contributed by atoms with van der Waals surface area (Å²) in [5.74, 6) is -0.0484. The van der Waals surface area contributed by atoms with Gasteiger partial charge in [0.15, 0.2) is 0 Å². The van der Waals surface area contributed by atoms with Crippen LogP contribution in [0.3, 0.4) is 0 Å². The fourth-order valence-electron chi connectivity index (χ4n) is 3.25. The summed E-state index contributed by atoms with van der Waals surface area (Å²) in [5, 5.41) is 6.00. The van der Waals surface area contributed by atoms with Crippen molar-refractivity contribution in [1.82, 2.24) is 10.3 Å². The maximum atomic E-state index is 12.4. The first kappa shape index (κ1) is 20.6. The highest BCUT2D eigenvalue weighted by Crippen LogP contribution is 2.18. The van der Waals surface area contributed by atoms with Crippen LogP contribution in [0.5, 0.6) is 0 Å². The van der Waals surface area contributed by atoms with Crippen molar-refractivity contribution in [2.24, 2.45) is 11.0 Å². The molecule has 0 aromatic carbocycles. The number of amides is 2. The van der Waals surface area contributed by atoms with Crippen molar-refractivity contribution >= 4 is 29.4 Å². The molecule has 0 unspecified atom stereocenters. The predicted molar refractivity (Wildman–Crippen MR) is 107 cm³/mol. The van der Waals surface area contributed by atoms with Gasteiger partial charge in [0.25, 0.3) is 0 Å². The number of rotatable bonds is 10. The number of nitrogens with zero attached hydrogens (tertiary/aromatic N) is 2. The molecule has 0 bridgehead atoms. The van der Waals surface area contributed by atoms with Crippen LogP contribution in [0.25, 0.3) is 0 Å². The fourth-order valence-corrected chi connectivity index (χ4v) is 3.83. The minimum Gasteiger partial charge on any atom is -0.342 e. The molecule has 0 radical (unpaired) electrons. The minimum absolute atomic E-state index is 0.0881. The summed E-state index contributed by atoms with van der Waals surface area (Å²) in [6, 6.07) is 3.89. The van der Waals surface area contributed by atoms with Gasteiger partial charge in [0, 0.05) is 24.4 Å². The highest BCUT2D eigenvalue weighted by Gasteiger charge is 2.27. The average Bonchev–Trinajstić information content (AvgIpc) is 3.18. The average molecular weight is 378 g/mol. The second kappa shape index (κ2) is 11.8. The van der Waals surface area contributed by atoms with Gasteiger partial charge in [-0.1, -0.05) is 45.1 Å². The van der Waals surface area contributed by atoms with Crippen LogP contribution in [-0.2, 0) is 9.59 Å². The Morgan fingerprint density at radius 3 is 2.88 bits per heavy atom. The first-order valence-corrected chi connectivity index (χ1v) is 10.7. The number of piperidine rings is 1. The Morgan fingerprint density at radius 2 is 2.12 bits per heavy atom. The Balaban J connectivity index is 1.68. The lowest BCUT2D eigenvalue weighted by atomic mass is 9.97. The zero-order valence-electron chi connectivity index (χ0n) is 15.8. The molecule has 1 aromatic heterocycles. The summed E-state index contributed by atoms with van der Waals surface area (Å²) in [5.41, 5.74) is 2.62. The molecule has 1 aromatic rings. The molecule has 2 amide bonds. The van der Waals surface area contributed by atoms with E-state index in [0.717, 1.165) is 37.1 Å². The van der Waals surface area contributed by atoms with E-state index in [9.17, 15) is 9.59 Å². The molecule has 1 fully saturated rings. The molecule has 2 heterocycles. The number of thiophene rings is 1. The molecule has 1 saturated heterocycles. The van der Waals surface area contributed by atoms with Gasteiger partial charge in [-0.05, 0) is 30.7 Å². The van der Waals surface area contributed by atoms with E-state index in [1.165, 1.54) is 25.7 Å². The van der Waals surface area contributed by atoms with Crippen molar-refractivity contribution in [1.29, 1.82) is 0 Å². The monoisotopic (exact) mass is 377 g/mol. The number of hydrogen-bond donors (Lipinski definition) is 1. The van der Waals surface area contributed by atoms with Crippen molar-refractivity contribution < 1.29 is 9.59 Å². The summed E-state index contributed by atoms with van der Waals surface area (Å²) >= 11 is 1.57. The topological polar surface area (TPSA) is 61.8 Å². The van der Waals surface area contributed by atoms with Crippen molar-refractivity contribution in [2.45, 2.75) is 64.7 Å². The summed E-state index contributed by atoms with van der Waals surface area (Å²) in [6.07, 6.45) is 11.1. The number of hydrogen-bond acceptors (Lipinski definition) is 4. The van der Waals surface area contributed by atoms with Crippen LogP contribution in [0.15, 0.2) is 22.6 Å². The lowest BCUT2D eigenvalue weighted by Crippen LogP contribution is -2.44. The SMILES string of the molecule is CCCCCCCCC(=O)N1CCC[C@H](C(=O)N/N=C\c2cccs2)C1. The summed E-state index contributed by atoms with van der Waals surface area (Å²) < 4.78 is 0. The van der Waals surface area contributed by atoms with Crippen molar-refractivity contribution in [3.8, 4) is 0 Å². The number of hydrazone groups is 1. The van der Waals surface area contributed by atoms with Gasteiger partial charge in [-0.25, -0.2) is 5.43 Å². The highest BCUT2D eigenvalue weighted by atomic mass is 32.1. The van der Waals surface area contributed by atoms with Crippen molar-refractivity contribution in [3.63, 3.8) is 0 Å². The normalized spacial score (nSPS) is 17.6. The molecule has 0 saturated carbocycles. The second-order valence-electron chi connectivity index (χ2n) is 6.95. The molecule has 144 valence electrons. The molecule has 1 atom stereocenters. The third kappa shape index (κ3) is 7.28. The summed E-state index contributed by atoms with van der Waals surface area (Å²) in [6.45, 7) is 3.51. The minimum atomic E-state index is -0.155. The molecule has 5 nitrogen and oxygen atoms in total. The second-order valence-corrected chi connectivity index (χ2v) is 7.93. The lowest BCUT2D eigenvalue weighted by Gasteiger charge is -2.31. The van der Waals surface area contributed by atoms with E-state index < -0.39 is 0 Å². The first-order chi connectivity index (χ1) is 12.7. The lowest BCUT2D eigenvalue weighted by molar-refractivity contribution is -0.135. The number of nitrogens with one attached hydrogen (secondary N) is 1. The number of likely N-dealkylation sites (tertiary alicyclic amines) is 1. The Labute approximate surface area is 160 Å². The van der Waals surface area contributed by atoms with Gasteiger partial charge in [0.1, 0.15) is 0 Å². The summed E-state index contributed by atoms with van der Waals surface area (Å²) in [4.78, 5) is 27.6. The molecule has 6 heteroatoms. The number of unbranched alkanes of at least 4 members (excludes halogenated alkanes) is 5. The van der Waals surface area contributed by atoms with Gasteiger partial charge in [0.05, 0.1) is 12.1 Å². The van der Waals surface area contributed by atoms with Crippen LogP contribution in [0.2, 0.25) is 0 Å². The van der Waals surface area contributed by atoms with Crippen LogP contribution >= 0.6 is 11.3 Å². The van der Waals surface area contributed by atoms with Crippen LogP contribution in [0.1, 0.15) is 69.6 Å². The standard InChI is InChI=1S/C20H31N3O2S/c1-2-3-4-5-6-7-12-19(24)23-13-8-10-17(16-23)20(25)22-21-15-18-11-9-14-26-18/h9,11,14-15,17H,2-8,10,12-13,16H2,1H3,(H,22,25)/b21-15-/t17-/m0/s1. The van der Waals surface area contributed by atoms with Crippen LogP contribution in [-0.4, -0.2) is 36.0 Å². The van der Waals surface area contributed by atoms with E-state index in [0.29, 0.717) is 13.0 Å². The van der Waals surface area contributed by atoms with Gasteiger partial charge in [-0.2, -0.15) is 5.10 Å². The quantitative estimate of drug-likeness (QED) is 0.377. The molecular formula is C20H31N3O2S. The third-order valence-electron chi connectivity index (χ3n) is 4.80. The van der Waals surface area contributed by atoms with Crippen molar-refractivity contribution in [2.75, 3.05) is 13.1 Å². The van der Waals surface area contributed by atoms with Gasteiger partial charge < -0.3 is 4.90 Å². The van der Waals surface area contributed by atoms with E-state index in [1.807, 2.05) is 22.4 Å². The number of carbonyl (C=O) groups excluding carboxylic acids is 2. The van der Waals surface area contributed by atoms with E-state index in [4.69, 9.17) is 0 Å². The highest BCUT2D eigenvalue weighted by molar-refractivity contribution is 7.11. The third-order valence-corrected chi connectivity index (χ3v) is 5.61. The van der Waals surface area contributed by atoms with E-state index in [-0.39, 0.29) is 17.7 Å². The molecule has 2 rings (SSSR count). The smallest absolute Gasteiger partial charge is 0.244 e. The van der Waals surface area contributed by atoms with E-state index in [1.54, 1.807) is 17.6 Å². The molecular weight excluding hydrogens is 346 g/mol. The summed E-state index contributed by atoms with van der Waals surface area (Å²) in [7, 11) is 0. The Bertz CT molecular complexity index is 572. The van der Waals surface area contributed by atoms with E-state index in [2.05, 4.69) is 17.5 Å². The largest absolute Gasteiger partial charge is 0.342 e. The molecule has 0 aliphatic carbocycles. The van der Waals surface area contributed by atoms with E-state index >= 15 is 0 Å². The van der Waals surface area contributed by atoms with Crippen LogP contribution < -0.4 is 5.43 Å². The van der Waals surface area contributed by atoms with Gasteiger partial charge in [-0.3, -0.25) is 9.59 Å². The fraction of sp³-hybridized carbons (Fsp3) is 0.650.